The first kappa shape index (κ1) is 16.3. The van der Waals surface area contributed by atoms with Gasteiger partial charge in [0.25, 0.3) is 0 Å². The Morgan fingerprint density at radius 2 is 1.60 bits per heavy atom. The fourth-order valence-corrected chi connectivity index (χ4v) is 4.02. The lowest BCUT2D eigenvalue weighted by Gasteiger charge is -2.60. The summed E-state index contributed by atoms with van der Waals surface area (Å²) in [5.74, 6) is -0.107. The molecule has 0 N–H and O–H groups in total. The van der Waals surface area contributed by atoms with E-state index < -0.39 is 0 Å². The van der Waals surface area contributed by atoms with E-state index in [0.717, 1.165) is 44.7 Å². The van der Waals surface area contributed by atoms with Crippen molar-refractivity contribution < 1.29 is 9.18 Å². The number of likely N-dealkylation sites (tertiary alicyclic amines) is 2. The summed E-state index contributed by atoms with van der Waals surface area (Å²) in [7, 11) is 0. The summed E-state index contributed by atoms with van der Waals surface area (Å²) in [5.41, 5.74) is 2.59. The molecule has 2 aliphatic rings. The molecule has 0 saturated carbocycles. The highest BCUT2D eigenvalue weighted by Crippen LogP contribution is 2.39. The summed E-state index contributed by atoms with van der Waals surface area (Å²) in [4.78, 5) is 16.7. The van der Waals surface area contributed by atoms with Crippen LogP contribution in [0.4, 0.5) is 4.39 Å². The number of amides is 1. The van der Waals surface area contributed by atoms with Gasteiger partial charge in [0.15, 0.2) is 0 Å². The van der Waals surface area contributed by atoms with Crippen LogP contribution in [0.25, 0.3) is 0 Å². The van der Waals surface area contributed by atoms with E-state index in [4.69, 9.17) is 0 Å². The van der Waals surface area contributed by atoms with Gasteiger partial charge in [-0.15, -0.1) is 0 Å². The monoisotopic (exact) mass is 338 g/mol. The zero-order valence-electron chi connectivity index (χ0n) is 14.3. The molecule has 0 aromatic heterocycles. The van der Waals surface area contributed by atoms with Gasteiger partial charge in [-0.1, -0.05) is 42.5 Å². The van der Waals surface area contributed by atoms with E-state index in [-0.39, 0.29) is 11.7 Å². The van der Waals surface area contributed by atoms with Crippen molar-refractivity contribution in [2.45, 2.75) is 12.8 Å². The Bertz CT molecular complexity index is 730. The second-order valence-electron chi connectivity index (χ2n) is 7.50. The second kappa shape index (κ2) is 6.60. The minimum Gasteiger partial charge on any atom is -0.341 e. The molecule has 2 heterocycles. The van der Waals surface area contributed by atoms with Crippen LogP contribution in [0.5, 0.6) is 0 Å². The van der Waals surface area contributed by atoms with Crippen LogP contribution in [0.2, 0.25) is 0 Å². The number of nitrogens with zero attached hydrogens (tertiary/aromatic N) is 2. The van der Waals surface area contributed by atoms with Crippen LogP contribution in [-0.2, 0) is 17.6 Å². The first-order valence-corrected chi connectivity index (χ1v) is 8.90. The lowest BCUT2D eigenvalue weighted by molar-refractivity contribution is -0.158. The molecule has 2 aromatic carbocycles. The first-order chi connectivity index (χ1) is 12.1. The van der Waals surface area contributed by atoms with E-state index in [9.17, 15) is 9.18 Å². The molecule has 1 spiro atoms. The molecule has 25 heavy (non-hydrogen) atoms. The highest BCUT2D eigenvalue weighted by atomic mass is 19.1. The molecular formula is C21H23FN2O. The van der Waals surface area contributed by atoms with E-state index in [2.05, 4.69) is 29.2 Å². The quantitative estimate of drug-likeness (QED) is 0.837. The number of benzene rings is 2. The molecule has 0 aliphatic carbocycles. The maximum Gasteiger partial charge on any atom is 0.227 e. The van der Waals surface area contributed by atoms with Crippen molar-refractivity contribution in [2.24, 2.45) is 5.41 Å². The molecule has 2 aromatic rings. The van der Waals surface area contributed by atoms with Crippen molar-refractivity contribution >= 4 is 5.91 Å². The molecule has 130 valence electrons. The summed E-state index contributed by atoms with van der Waals surface area (Å²) in [5, 5.41) is 0. The number of carbonyl (C=O) groups excluding carboxylic acids is 1. The molecule has 2 fully saturated rings. The number of hydrogen-bond donors (Lipinski definition) is 0. The lowest BCUT2D eigenvalue weighted by Crippen LogP contribution is -2.73. The fourth-order valence-electron chi connectivity index (χ4n) is 4.02. The van der Waals surface area contributed by atoms with Crippen LogP contribution in [0.15, 0.2) is 54.6 Å². The third kappa shape index (κ3) is 3.59. The lowest BCUT2D eigenvalue weighted by atomic mass is 9.72. The smallest absolute Gasteiger partial charge is 0.227 e. The van der Waals surface area contributed by atoms with Gasteiger partial charge in [-0.2, -0.15) is 0 Å². The number of hydrogen-bond acceptors (Lipinski definition) is 2. The van der Waals surface area contributed by atoms with Gasteiger partial charge in [-0.05, 0) is 29.7 Å². The molecule has 4 rings (SSSR count). The predicted molar refractivity (Wildman–Crippen MR) is 95.7 cm³/mol. The maximum atomic E-state index is 12.9. The van der Waals surface area contributed by atoms with E-state index in [1.165, 1.54) is 17.7 Å². The third-order valence-electron chi connectivity index (χ3n) is 5.35. The third-order valence-corrected chi connectivity index (χ3v) is 5.35. The molecule has 2 aliphatic heterocycles. The van der Waals surface area contributed by atoms with Gasteiger partial charge in [0.1, 0.15) is 5.82 Å². The summed E-state index contributed by atoms with van der Waals surface area (Å²) in [6.07, 6.45) is 1.46. The maximum absolute atomic E-state index is 12.9. The van der Waals surface area contributed by atoms with Crippen molar-refractivity contribution in [3.05, 3.63) is 71.5 Å². The van der Waals surface area contributed by atoms with E-state index in [0.29, 0.717) is 11.8 Å². The summed E-state index contributed by atoms with van der Waals surface area (Å²) in [6, 6.07) is 16.8. The Morgan fingerprint density at radius 1 is 0.920 bits per heavy atom. The average Bonchev–Trinajstić information content (AvgIpc) is 2.55. The Labute approximate surface area is 148 Å². The zero-order chi connectivity index (χ0) is 17.3. The minimum absolute atomic E-state index is 0.153. The molecule has 0 atom stereocenters. The Morgan fingerprint density at radius 3 is 2.28 bits per heavy atom. The molecule has 1 amide bonds. The molecule has 0 bridgehead atoms. The van der Waals surface area contributed by atoms with Crippen LogP contribution >= 0.6 is 0 Å². The van der Waals surface area contributed by atoms with Gasteiger partial charge in [0.05, 0.1) is 6.42 Å². The zero-order valence-corrected chi connectivity index (χ0v) is 14.3. The van der Waals surface area contributed by atoms with E-state index in [1.54, 1.807) is 12.1 Å². The van der Waals surface area contributed by atoms with Crippen molar-refractivity contribution in [3.63, 3.8) is 0 Å². The van der Waals surface area contributed by atoms with Crippen molar-refractivity contribution in [1.29, 1.82) is 0 Å². The SMILES string of the molecule is O=C(Cc1ccc(F)cc1)N1CC2(CN(CCc3ccccc3)C2)C1. The Hall–Kier alpha value is -2.20. The van der Waals surface area contributed by atoms with Crippen molar-refractivity contribution in [2.75, 3.05) is 32.7 Å². The number of halogens is 1. The average molecular weight is 338 g/mol. The van der Waals surface area contributed by atoms with E-state index in [1.807, 2.05) is 11.0 Å². The van der Waals surface area contributed by atoms with Crippen molar-refractivity contribution in [1.82, 2.24) is 9.80 Å². The van der Waals surface area contributed by atoms with Gasteiger partial charge < -0.3 is 9.80 Å². The summed E-state index contributed by atoms with van der Waals surface area (Å²) >= 11 is 0. The van der Waals surface area contributed by atoms with Gasteiger partial charge in [0, 0.05) is 38.1 Å². The van der Waals surface area contributed by atoms with Gasteiger partial charge >= 0.3 is 0 Å². The molecule has 4 heteroatoms. The van der Waals surface area contributed by atoms with Crippen molar-refractivity contribution in [3.8, 4) is 0 Å². The predicted octanol–water partition coefficient (Wildman–Crippen LogP) is 2.76. The first-order valence-electron chi connectivity index (χ1n) is 8.90. The van der Waals surface area contributed by atoms with Crippen LogP contribution in [-0.4, -0.2) is 48.4 Å². The molecule has 0 radical (unpaired) electrons. The van der Waals surface area contributed by atoms with Crippen LogP contribution in [0.1, 0.15) is 11.1 Å². The van der Waals surface area contributed by atoms with Crippen LogP contribution < -0.4 is 0 Å². The summed E-state index contributed by atoms with van der Waals surface area (Å²) in [6.45, 7) is 5.03. The summed E-state index contributed by atoms with van der Waals surface area (Å²) < 4.78 is 12.9. The Balaban J connectivity index is 1.19. The minimum atomic E-state index is -0.260. The highest BCUT2D eigenvalue weighted by Gasteiger charge is 2.52. The molecular weight excluding hydrogens is 315 g/mol. The largest absolute Gasteiger partial charge is 0.341 e. The standard InChI is InChI=1S/C21H23FN2O/c22-19-8-6-18(7-9-19)12-20(25)24-15-21(16-24)13-23(14-21)11-10-17-4-2-1-3-5-17/h1-9H,10-16H2. The van der Waals surface area contributed by atoms with Gasteiger partial charge in [0.2, 0.25) is 5.91 Å². The van der Waals surface area contributed by atoms with Gasteiger partial charge in [-0.3, -0.25) is 4.79 Å². The van der Waals surface area contributed by atoms with Gasteiger partial charge in [-0.25, -0.2) is 4.39 Å². The topological polar surface area (TPSA) is 23.6 Å². The Kier molecular flexibility index (Phi) is 4.30. The molecule has 0 unspecified atom stereocenters. The molecule has 2 saturated heterocycles. The number of rotatable bonds is 5. The fraction of sp³-hybridized carbons (Fsp3) is 0.381. The van der Waals surface area contributed by atoms with E-state index >= 15 is 0 Å². The second-order valence-corrected chi connectivity index (χ2v) is 7.50. The van der Waals surface area contributed by atoms with Crippen LogP contribution in [0.3, 0.4) is 0 Å². The van der Waals surface area contributed by atoms with Crippen LogP contribution in [0, 0.1) is 11.2 Å². The molecule has 3 nitrogen and oxygen atoms in total. The highest BCUT2D eigenvalue weighted by molar-refractivity contribution is 5.79. The number of carbonyl (C=O) groups is 1. The normalized spacial score (nSPS) is 18.7.